The van der Waals surface area contributed by atoms with Crippen molar-refractivity contribution >= 4 is 7.60 Å². The number of rotatable bonds is 8. The van der Waals surface area contributed by atoms with Crippen LogP contribution in [0.3, 0.4) is 0 Å². The van der Waals surface area contributed by atoms with E-state index in [0.717, 1.165) is 64.2 Å². The molecule has 1 unspecified atom stereocenters. The Morgan fingerprint density at radius 1 is 0.645 bits per heavy atom. The van der Waals surface area contributed by atoms with Crippen molar-refractivity contribution < 1.29 is 18.7 Å². The minimum absolute atomic E-state index is 0.0325. The van der Waals surface area contributed by atoms with Crippen LogP contribution in [0.2, 0.25) is 0 Å². The van der Waals surface area contributed by atoms with E-state index in [0.29, 0.717) is 11.8 Å². The molecule has 1 atom stereocenters. The fourth-order valence-corrected chi connectivity index (χ4v) is 9.42. The van der Waals surface area contributed by atoms with E-state index < -0.39 is 13.2 Å². The maximum atomic E-state index is 14.3. The Balaban J connectivity index is 1.50. The smallest absolute Gasteiger partial charge is 0.334 e. The van der Waals surface area contributed by atoms with E-state index in [2.05, 4.69) is 0 Å². The van der Waals surface area contributed by atoms with Gasteiger partial charge in [0.1, 0.15) is 0 Å². The van der Waals surface area contributed by atoms with Crippen molar-refractivity contribution in [3.63, 3.8) is 0 Å². The lowest BCUT2D eigenvalue weighted by Gasteiger charge is -2.46. The topological polar surface area (TPSA) is 55.8 Å². The van der Waals surface area contributed by atoms with Crippen molar-refractivity contribution in [1.82, 2.24) is 0 Å². The predicted octanol–water partition coefficient (Wildman–Crippen LogP) is 7.77. The number of hydrogen-bond acceptors (Lipinski definition) is 4. The minimum Gasteiger partial charge on any atom is -0.387 e. The van der Waals surface area contributed by atoms with Crippen LogP contribution in [-0.2, 0) is 13.6 Å². The van der Waals surface area contributed by atoms with Gasteiger partial charge in [-0.15, -0.1) is 0 Å². The molecule has 0 bridgehead atoms. The quantitative estimate of drug-likeness (QED) is 0.381. The van der Waals surface area contributed by atoms with E-state index in [1.165, 1.54) is 64.2 Å². The highest BCUT2D eigenvalue weighted by atomic mass is 31.2. The first kappa shape index (κ1) is 24.2. The average molecular weight is 455 g/mol. The van der Waals surface area contributed by atoms with E-state index in [9.17, 15) is 9.67 Å². The van der Waals surface area contributed by atoms with Crippen molar-refractivity contribution in [2.75, 3.05) is 6.61 Å². The van der Waals surface area contributed by atoms with Gasteiger partial charge in [0.15, 0.2) is 0 Å². The molecule has 0 aliphatic heterocycles. The Morgan fingerprint density at radius 3 is 1.55 bits per heavy atom. The molecule has 1 N–H and O–H groups in total. The maximum absolute atomic E-state index is 14.3. The Bertz CT molecular complexity index is 552. The summed E-state index contributed by atoms with van der Waals surface area (Å²) in [7, 11) is -3.22. The average Bonchev–Trinajstić information content (AvgIpc) is 2.85. The van der Waals surface area contributed by atoms with Crippen molar-refractivity contribution in [1.29, 1.82) is 0 Å². The summed E-state index contributed by atoms with van der Waals surface area (Å²) in [5, 5.41) is 12.1. The van der Waals surface area contributed by atoms with Gasteiger partial charge in [0.2, 0.25) is 0 Å². The molecule has 0 aromatic heterocycles. The monoisotopic (exact) mass is 454 g/mol. The van der Waals surface area contributed by atoms with Gasteiger partial charge in [-0.3, -0.25) is 4.57 Å². The molecule has 4 nitrogen and oxygen atoms in total. The molecular formula is C26H47O4P. The summed E-state index contributed by atoms with van der Waals surface area (Å²) in [6.45, 7) is 0.225. The zero-order valence-electron chi connectivity index (χ0n) is 19.8. The molecule has 4 aliphatic carbocycles. The van der Waals surface area contributed by atoms with Crippen molar-refractivity contribution in [2.45, 2.75) is 146 Å². The van der Waals surface area contributed by atoms with E-state index in [-0.39, 0.29) is 18.4 Å². The molecule has 0 amide bonds. The van der Waals surface area contributed by atoms with E-state index in [1.54, 1.807) is 0 Å². The molecule has 0 aromatic rings. The normalized spacial score (nSPS) is 28.4. The summed E-state index contributed by atoms with van der Waals surface area (Å²) in [5.74, 6) is 0.581. The van der Waals surface area contributed by atoms with E-state index in [1.807, 2.05) is 0 Å². The molecular weight excluding hydrogens is 407 g/mol. The highest BCUT2D eigenvalue weighted by Gasteiger charge is 2.48. The van der Waals surface area contributed by atoms with Crippen LogP contribution in [0.15, 0.2) is 0 Å². The summed E-state index contributed by atoms with van der Waals surface area (Å²) >= 11 is 0. The van der Waals surface area contributed by atoms with Gasteiger partial charge in [-0.25, -0.2) is 0 Å². The molecule has 0 spiro atoms. The van der Waals surface area contributed by atoms with Gasteiger partial charge in [0.25, 0.3) is 0 Å². The maximum Gasteiger partial charge on any atom is 0.334 e. The van der Waals surface area contributed by atoms with Crippen LogP contribution < -0.4 is 0 Å². The SMILES string of the molecule is O=P(OCC(O)(C1CCCCC1)C1CCCCC1)(OC1CCCCC1)C1CCCCC1. The molecule has 0 heterocycles. The van der Waals surface area contributed by atoms with Crippen LogP contribution in [0.4, 0.5) is 0 Å². The molecule has 5 heteroatoms. The Hall–Kier alpha value is 0.110. The number of hydrogen-bond donors (Lipinski definition) is 1. The first-order valence-electron chi connectivity index (χ1n) is 13.8. The third kappa shape index (κ3) is 6.17. The van der Waals surface area contributed by atoms with Crippen molar-refractivity contribution in [2.24, 2.45) is 11.8 Å². The third-order valence-electron chi connectivity index (χ3n) is 8.97. The molecule has 0 saturated heterocycles. The summed E-state index contributed by atoms with van der Waals surface area (Å²) < 4.78 is 27.1. The second-order valence-corrected chi connectivity index (χ2v) is 13.4. The van der Waals surface area contributed by atoms with E-state index >= 15 is 0 Å². The van der Waals surface area contributed by atoms with Gasteiger partial charge >= 0.3 is 7.60 Å². The first-order valence-corrected chi connectivity index (χ1v) is 15.4. The highest BCUT2D eigenvalue weighted by Crippen LogP contribution is 2.60. The van der Waals surface area contributed by atoms with E-state index in [4.69, 9.17) is 9.05 Å². The fourth-order valence-electron chi connectivity index (χ4n) is 6.96. The second kappa shape index (κ2) is 11.5. The molecule has 4 rings (SSSR count). The van der Waals surface area contributed by atoms with Crippen LogP contribution in [0.25, 0.3) is 0 Å². The molecule has 180 valence electrons. The van der Waals surface area contributed by atoms with Crippen LogP contribution in [0, 0.1) is 11.8 Å². The fraction of sp³-hybridized carbons (Fsp3) is 1.00. The zero-order chi connectivity index (χ0) is 21.6. The van der Waals surface area contributed by atoms with Gasteiger partial charge < -0.3 is 14.2 Å². The highest BCUT2D eigenvalue weighted by molar-refractivity contribution is 7.54. The second-order valence-electron chi connectivity index (χ2n) is 11.1. The van der Waals surface area contributed by atoms with Crippen LogP contribution in [0.5, 0.6) is 0 Å². The zero-order valence-corrected chi connectivity index (χ0v) is 20.7. The van der Waals surface area contributed by atoms with Crippen LogP contribution >= 0.6 is 7.60 Å². The molecule has 0 aromatic carbocycles. The standard InChI is InChI=1S/C26H47O4P/c27-26(22-13-5-1-6-14-22,23-15-7-2-8-16-23)21-29-31(28,25-19-11-4-12-20-25)30-24-17-9-3-10-18-24/h22-25,27H,1-21H2. The minimum atomic E-state index is -3.22. The summed E-state index contributed by atoms with van der Waals surface area (Å²) in [5.41, 5.74) is -0.800. The largest absolute Gasteiger partial charge is 0.387 e. The molecule has 31 heavy (non-hydrogen) atoms. The van der Waals surface area contributed by atoms with Gasteiger partial charge in [-0.1, -0.05) is 77.0 Å². The van der Waals surface area contributed by atoms with Crippen LogP contribution in [0.1, 0.15) is 128 Å². The van der Waals surface area contributed by atoms with Crippen molar-refractivity contribution in [3.8, 4) is 0 Å². The third-order valence-corrected chi connectivity index (χ3v) is 11.5. The predicted molar refractivity (Wildman–Crippen MR) is 126 cm³/mol. The van der Waals surface area contributed by atoms with Gasteiger partial charge in [0.05, 0.1) is 24.0 Å². The Kier molecular flexibility index (Phi) is 8.99. The lowest BCUT2D eigenvalue weighted by Crippen LogP contribution is -2.50. The first-order chi connectivity index (χ1) is 15.1. The summed E-state index contributed by atoms with van der Waals surface area (Å²) in [6, 6.07) is 0. The summed E-state index contributed by atoms with van der Waals surface area (Å²) in [4.78, 5) is 0. The lowest BCUT2D eigenvalue weighted by molar-refractivity contribution is -0.120. The van der Waals surface area contributed by atoms with Crippen molar-refractivity contribution in [3.05, 3.63) is 0 Å². The van der Waals surface area contributed by atoms with Gasteiger partial charge in [-0.05, 0) is 63.2 Å². The molecule has 4 saturated carbocycles. The molecule has 0 radical (unpaired) electrons. The van der Waals surface area contributed by atoms with Gasteiger partial charge in [-0.2, -0.15) is 0 Å². The van der Waals surface area contributed by atoms with Crippen LogP contribution in [-0.4, -0.2) is 29.1 Å². The number of aliphatic hydroxyl groups is 1. The lowest BCUT2D eigenvalue weighted by atomic mass is 9.67. The molecule has 4 aliphatic rings. The van der Waals surface area contributed by atoms with Gasteiger partial charge in [0, 0.05) is 0 Å². The molecule has 4 fully saturated rings. The Labute approximate surface area is 190 Å². The summed E-state index contributed by atoms with van der Waals surface area (Å²) in [6.07, 6.45) is 22.8. The Morgan fingerprint density at radius 2 is 1.06 bits per heavy atom.